The van der Waals surface area contributed by atoms with Crippen molar-refractivity contribution in [2.75, 3.05) is 17.7 Å². The molecule has 0 aliphatic rings. The molecule has 0 aliphatic carbocycles. The van der Waals surface area contributed by atoms with Crippen LogP contribution >= 0.6 is 11.3 Å². The minimum Gasteiger partial charge on any atom is -0.280 e. The Hall–Kier alpha value is -2.77. The van der Waals surface area contributed by atoms with Gasteiger partial charge in [-0.1, -0.05) is 48.5 Å². The lowest BCUT2D eigenvalue weighted by molar-refractivity contribution is 0.0989. The number of carbonyl (C=O) groups is 1. The number of amides is 1. The van der Waals surface area contributed by atoms with Gasteiger partial charge in [0.2, 0.25) is 0 Å². The summed E-state index contributed by atoms with van der Waals surface area (Å²) in [5.41, 5.74) is 2.77. The van der Waals surface area contributed by atoms with Crippen LogP contribution in [0.3, 0.4) is 0 Å². The molecule has 7 heteroatoms. The molecule has 144 valence electrons. The van der Waals surface area contributed by atoms with Crippen molar-refractivity contribution in [3.8, 4) is 11.3 Å². The number of hydrogen-bond donors (Lipinski definition) is 0. The Balaban J connectivity index is 1.90. The van der Waals surface area contributed by atoms with Crippen LogP contribution in [0.25, 0.3) is 11.3 Å². The molecule has 2 aromatic carbocycles. The lowest BCUT2D eigenvalue weighted by Gasteiger charge is -2.18. The highest BCUT2D eigenvalue weighted by Gasteiger charge is 2.20. The second-order valence-electron chi connectivity index (χ2n) is 6.36. The molecule has 0 saturated carbocycles. The fraction of sp³-hybridized carbons (Fsp3) is 0.143. The third-order valence-electron chi connectivity index (χ3n) is 3.95. The molecule has 0 aliphatic heterocycles. The standard InChI is InChI=1S/C21H20N2O3S2/c1-3-12-23(21-22-19(14-27-21)17-9-5-4-6-10-17)20(24)18-11-7-8-16(13-18)15-28(2,25)26/h3-11,13-14H,1,12,15H2,2H3. The van der Waals surface area contributed by atoms with Gasteiger partial charge in [-0.25, -0.2) is 13.4 Å². The van der Waals surface area contributed by atoms with E-state index in [-0.39, 0.29) is 11.7 Å². The first kappa shape index (κ1) is 20.0. The van der Waals surface area contributed by atoms with Crippen LogP contribution in [0.15, 0.2) is 72.6 Å². The molecular weight excluding hydrogens is 392 g/mol. The smallest absolute Gasteiger partial charge is 0.260 e. The summed E-state index contributed by atoms with van der Waals surface area (Å²) in [7, 11) is -3.18. The Morgan fingerprint density at radius 1 is 1.18 bits per heavy atom. The Morgan fingerprint density at radius 2 is 1.93 bits per heavy atom. The van der Waals surface area contributed by atoms with Gasteiger partial charge in [0.1, 0.15) is 0 Å². The van der Waals surface area contributed by atoms with E-state index in [1.807, 2.05) is 35.7 Å². The quantitative estimate of drug-likeness (QED) is 0.546. The van der Waals surface area contributed by atoms with Crippen LogP contribution < -0.4 is 4.90 Å². The van der Waals surface area contributed by atoms with Crippen LogP contribution in [0, 0.1) is 0 Å². The number of aromatic nitrogens is 1. The number of nitrogens with zero attached hydrogens (tertiary/aromatic N) is 2. The lowest BCUT2D eigenvalue weighted by Crippen LogP contribution is -2.31. The van der Waals surface area contributed by atoms with E-state index in [0.717, 1.165) is 11.3 Å². The molecule has 1 aromatic heterocycles. The second kappa shape index (κ2) is 8.50. The zero-order chi connectivity index (χ0) is 20.1. The van der Waals surface area contributed by atoms with E-state index in [4.69, 9.17) is 0 Å². The van der Waals surface area contributed by atoms with Gasteiger partial charge in [-0.3, -0.25) is 9.69 Å². The SMILES string of the molecule is C=CCN(C(=O)c1cccc(CS(C)(=O)=O)c1)c1nc(-c2ccccc2)cs1. The molecule has 0 N–H and O–H groups in total. The monoisotopic (exact) mass is 412 g/mol. The Kier molecular flexibility index (Phi) is 6.06. The summed E-state index contributed by atoms with van der Waals surface area (Å²) in [5.74, 6) is -0.352. The summed E-state index contributed by atoms with van der Waals surface area (Å²) in [4.78, 5) is 19.2. The maximum Gasteiger partial charge on any atom is 0.260 e. The average molecular weight is 413 g/mol. The number of sulfone groups is 1. The van der Waals surface area contributed by atoms with Crippen LogP contribution in [0.1, 0.15) is 15.9 Å². The number of anilines is 1. The first-order valence-corrected chi connectivity index (χ1v) is 11.5. The van der Waals surface area contributed by atoms with E-state index in [1.165, 1.54) is 17.6 Å². The molecule has 0 radical (unpaired) electrons. The largest absolute Gasteiger partial charge is 0.280 e. The number of hydrogen-bond acceptors (Lipinski definition) is 5. The van der Waals surface area contributed by atoms with E-state index in [2.05, 4.69) is 11.6 Å². The molecule has 0 unspecified atom stereocenters. The summed E-state index contributed by atoms with van der Waals surface area (Å²) < 4.78 is 23.1. The molecule has 0 fully saturated rings. The van der Waals surface area contributed by atoms with E-state index >= 15 is 0 Å². The Labute approximate surface area is 168 Å². The number of benzene rings is 2. The topological polar surface area (TPSA) is 67.3 Å². The molecule has 0 bridgehead atoms. The van der Waals surface area contributed by atoms with Gasteiger partial charge in [-0.15, -0.1) is 17.9 Å². The van der Waals surface area contributed by atoms with Crippen molar-refractivity contribution in [3.05, 3.63) is 83.8 Å². The predicted molar refractivity (Wildman–Crippen MR) is 114 cm³/mol. The van der Waals surface area contributed by atoms with Crippen molar-refractivity contribution in [1.29, 1.82) is 0 Å². The highest BCUT2D eigenvalue weighted by atomic mass is 32.2. The molecule has 1 amide bonds. The third kappa shape index (κ3) is 4.94. The van der Waals surface area contributed by atoms with E-state index < -0.39 is 9.84 Å². The fourth-order valence-electron chi connectivity index (χ4n) is 2.76. The van der Waals surface area contributed by atoms with Gasteiger partial charge in [-0.2, -0.15) is 0 Å². The molecular formula is C21H20N2O3S2. The first-order chi connectivity index (χ1) is 13.4. The van der Waals surface area contributed by atoms with Crippen LogP contribution in [0.2, 0.25) is 0 Å². The van der Waals surface area contributed by atoms with Crippen LogP contribution in [0.5, 0.6) is 0 Å². The third-order valence-corrected chi connectivity index (χ3v) is 5.67. The van der Waals surface area contributed by atoms with Gasteiger partial charge < -0.3 is 0 Å². The van der Waals surface area contributed by atoms with Crippen LogP contribution in [-0.2, 0) is 15.6 Å². The Bertz CT molecular complexity index is 1090. The van der Waals surface area contributed by atoms with Gasteiger partial charge in [0.15, 0.2) is 15.0 Å². The highest BCUT2D eigenvalue weighted by Crippen LogP contribution is 2.28. The molecule has 28 heavy (non-hydrogen) atoms. The average Bonchev–Trinajstić information content (AvgIpc) is 3.15. The molecule has 0 saturated heterocycles. The molecule has 0 atom stereocenters. The predicted octanol–water partition coefficient (Wildman–Crippen LogP) is 4.19. The normalized spacial score (nSPS) is 11.2. The van der Waals surface area contributed by atoms with Gasteiger partial charge >= 0.3 is 0 Å². The van der Waals surface area contributed by atoms with Crippen LogP contribution in [0.4, 0.5) is 5.13 Å². The molecule has 0 spiro atoms. The fourth-order valence-corrected chi connectivity index (χ4v) is 4.39. The van der Waals surface area contributed by atoms with Crippen molar-refractivity contribution < 1.29 is 13.2 Å². The summed E-state index contributed by atoms with van der Waals surface area (Å²) >= 11 is 1.38. The molecule has 5 nitrogen and oxygen atoms in total. The minimum absolute atomic E-state index is 0.106. The van der Waals surface area contributed by atoms with Crippen molar-refractivity contribution in [3.63, 3.8) is 0 Å². The van der Waals surface area contributed by atoms with Gasteiger partial charge in [-0.05, 0) is 17.7 Å². The molecule has 3 aromatic rings. The summed E-state index contributed by atoms with van der Waals surface area (Å²) in [6, 6.07) is 16.4. The van der Waals surface area contributed by atoms with Crippen molar-refractivity contribution in [2.24, 2.45) is 0 Å². The number of carbonyl (C=O) groups excluding carboxylic acids is 1. The lowest BCUT2D eigenvalue weighted by atomic mass is 10.1. The van der Waals surface area contributed by atoms with E-state index in [1.54, 1.807) is 35.2 Å². The van der Waals surface area contributed by atoms with Crippen molar-refractivity contribution in [2.45, 2.75) is 5.75 Å². The summed E-state index contributed by atoms with van der Waals surface area (Å²) in [6.07, 6.45) is 2.81. The van der Waals surface area contributed by atoms with Gasteiger partial charge in [0, 0.05) is 29.3 Å². The van der Waals surface area contributed by atoms with Gasteiger partial charge in [0.05, 0.1) is 11.4 Å². The molecule has 1 heterocycles. The van der Waals surface area contributed by atoms with Crippen LogP contribution in [-0.4, -0.2) is 32.1 Å². The first-order valence-electron chi connectivity index (χ1n) is 8.58. The highest BCUT2D eigenvalue weighted by molar-refractivity contribution is 7.89. The maximum absolute atomic E-state index is 13.1. The molecule has 3 rings (SSSR count). The minimum atomic E-state index is -3.18. The van der Waals surface area contributed by atoms with E-state index in [9.17, 15) is 13.2 Å². The number of rotatable bonds is 7. The van der Waals surface area contributed by atoms with Crippen molar-refractivity contribution in [1.82, 2.24) is 4.98 Å². The van der Waals surface area contributed by atoms with Crippen molar-refractivity contribution >= 4 is 32.2 Å². The zero-order valence-corrected chi connectivity index (χ0v) is 17.0. The zero-order valence-electron chi connectivity index (χ0n) is 15.4. The van der Waals surface area contributed by atoms with Gasteiger partial charge in [0.25, 0.3) is 5.91 Å². The second-order valence-corrected chi connectivity index (χ2v) is 9.33. The maximum atomic E-state index is 13.1. The summed E-state index contributed by atoms with van der Waals surface area (Å²) in [5, 5.41) is 2.48. The number of thiazole rings is 1. The Morgan fingerprint density at radius 3 is 2.61 bits per heavy atom. The summed E-state index contributed by atoms with van der Waals surface area (Å²) in [6.45, 7) is 4.04. The van der Waals surface area contributed by atoms with E-state index in [0.29, 0.717) is 22.8 Å².